The first-order chi connectivity index (χ1) is 10.6. The molecule has 0 bridgehead atoms. The summed E-state index contributed by atoms with van der Waals surface area (Å²) in [4.78, 5) is 24.3. The Morgan fingerprint density at radius 3 is 2.95 bits per heavy atom. The Bertz CT molecular complexity index is 637. The quantitative estimate of drug-likeness (QED) is 0.859. The van der Waals surface area contributed by atoms with Gasteiger partial charge < -0.3 is 10.2 Å². The number of thiazole rings is 1. The number of carbonyl (C=O) groups excluding carboxylic acids is 1. The number of pyridine rings is 1. The summed E-state index contributed by atoms with van der Waals surface area (Å²) in [5, 5.41) is 3.46. The van der Waals surface area contributed by atoms with Crippen molar-refractivity contribution in [1.29, 1.82) is 0 Å². The van der Waals surface area contributed by atoms with Gasteiger partial charge in [0.2, 0.25) is 0 Å². The van der Waals surface area contributed by atoms with Crippen LogP contribution in [0.3, 0.4) is 0 Å². The normalized spacial score (nSPS) is 14.3. The van der Waals surface area contributed by atoms with E-state index in [0.29, 0.717) is 11.6 Å². The molecule has 3 rings (SSSR count). The molecule has 1 aliphatic carbocycles. The van der Waals surface area contributed by atoms with E-state index in [1.807, 2.05) is 14.1 Å². The minimum Gasteiger partial charge on any atom is -0.350 e. The zero-order valence-corrected chi connectivity index (χ0v) is 14.0. The predicted molar refractivity (Wildman–Crippen MR) is 89.6 cm³/mol. The molecule has 1 amide bonds. The third-order valence-corrected chi connectivity index (χ3v) is 4.89. The smallest absolute Gasteiger partial charge is 0.280 e. The number of carbonyl (C=O) groups is 1. The van der Waals surface area contributed by atoms with E-state index >= 15 is 0 Å². The van der Waals surface area contributed by atoms with Crippen molar-refractivity contribution in [3.63, 3.8) is 0 Å². The van der Waals surface area contributed by atoms with E-state index in [2.05, 4.69) is 21.3 Å². The van der Waals surface area contributed by atoms with Gasteiger partial charge in [-0.15, -0.1) is 0 Å². The number of amides is 1. The van der Waals surface area contributed by atoms with Gasteiger partial charge in [0, 0.05) is 12.2 Å². The largest absolute Gasteiger partial charge is 0.350 e. The Hall–Kier alpha value is -1.53. The summed E-state index contributed by atoms with van der Waals surface area (Å²) in [7, 11) is 4.06. The van der Waals surface area contributed by atoms with Crippen molar-refractivity contribution >= 4 is 27.6 Å². The van der Waals surface area contributed by atoms with Crippen LogP contribution in [0.15, 0.2) is 6.07 Å². The molecule has 0 saturated carbocycles. The van der Waals surface area contributed by atoms with Crippen molar-refractivity contribution in [2.45, 2.75) is 32.1 Å². The highest BCUT2D eigenvalue weighted by molar-refractivity contribution is 7.19. The zero-order valence-electron chi connectivity index (χ0n) is 13.2. The summed E-state index contributed by atoms with van der Waals surface area (Å²) in [6.07, 6.45) is 5.51. The van der Waals surface area contributed by atoms with Crippen LogP contribution in [0, 0.1) is 0 Å². The van der Waals surface area contributed by atoms with Crippen LogP contribution in [-0.2, 0) is 12.8 Å². The molecule has 0 radical (unpaired) electrons. The Balaban J connectivity index is 1.70. The lowest BCUT2D eigenvalue weighted by Crippen LogP contribution is -2.26. The molecule has 0 saturated heterocycles. The van der Waals surface area contributed by atoms with Crippen LogP contribution in [0.4, 0.5) is 0 Å². The molecule has 6 heteroatoms. The summed E-state index contributed by atoms with van der Waals surface area (Å²) in [5.74, 6) is -0.0836. The van der Waals surface area contributed by atoms with Crippen LogP contribution in [0.5, 0.6) is 0 Å². The molecule has 22 heavy (non-hydrogen) atoms. The van der Waals surface area contributed by atoms with Crippen molar-refractivity contribution in [2.75, 3.05) is 27.2 Å². The number of nitrogens with zero attached hydrogens (tertiary/aromatic N) is 3. The molecule has 1 aliphatic rings. The molecular formula is C16H22N4OS. The number of nitrogens with one attached hydrogen (secondary N) is 1. The first kappa shape index (κ1) is 15.4. The molecule has 0 atom stereocenters. The minimum atomic E-state index is -0.0836. The highest BCUT2D eigenvalue weighted by Crippen LogP contribution is 2.27. The van der Waals surface area contributed by atoms with E-state index in [-0.39, 0.29) is 5.91 Å². The number of aryl methyl sites for hydroxylation is 2. The van der Waals surface area contributed by atoms with Gasteiger partial charge in [0.1, 0.15) is 10.3 Å². The second-order valence-electron chi connectivity index (χ2n) is 6.06. The fourth-order valence-corrected chi connectivity index (χ4v) is 3.61. The number of hydrogen-bond acceptors (Lipinski definition) is 5. The monoisotopic (exact) mass is 318 g/mol. The molecule has 5 nitrogen and oxygen atoms in total. The fraction of sp³-hybridized carbons (Fsp3) is 0.562. The maximum Gasteiger partial charge on any atom is 0.280 e. The summed E-state index contributed by atoms with van der Waals surface area (Å²) in [5.41, 5.74) is 3.37. The molecular weight excluding hydrogens is 296 g/mol. The van der Waals surface area contributed by atoms with Gasteiger partial charge in [-0.1, -0.05) is 11.3 Å². The van der Waals surface area contributed by atoms with E-state index in [9.17, 15) is 4.79 Å². The van der Waals surface area contributed by atoms with Gasteiger partial charge in [0.05, 0.1) is 0 Å². The lowest BCUT2D eigenvalue weighted by molar-refractivity contribution is 0.0952. The van der Waals surface area contributed by atoms with Gasteiger partial charge in [0.15, 0.2) is 5.01 Å². The van der Waals surface area contributed by atoms with Gasteiger partial charge >= 0.3 is 0 Å². The summed E-state index contributed by atoms with van der Waals surface area (Å²) < 4.78 is 0. The first-order valence-corrected chi connectivity index (χ1v) is 8.67. The Morgan fingerprint density at radius 2 is 2.14 bits per heavy atom. The summed E-state index contributed by atoms with van der Waals surface area (Å²) in [6.45, 7) is 1.64. The van der Waals surface area contributed by atoms with Crippen molar-refractivity contribution in [1.82, 2.24) is 20.2 Å². The highest BCUT2D eigenvalue weighted by atomic mass is 32.1. The lowest BCUT2D eigenvalue weighted by Gasteiger charge is -2.13. The Kier molecular flexibility index (Phi) is 4.69. The third kappa shape index (κ3) is 3.44. The van der Waals surface area contributed by atoms with Gasteiger partial charge in [-0.05, 0) is 64.4 Å². The number of fused-ring (bicyclic) bond motifs is 2. The van der Waals surface area contributed by atoms with Crippen molar-refractivity contribution in [2.24, 2.45) is 0 Å². The molecule has 118 valence electrons. The van der Waals surface area contributed by atoms with E-state index in [1.165, 1.54) is 35.4 Å². The Labute approximate surface area is 134 Å². The van der Waals surface area contributed by atoms with Crippen LogP contribution in [-0.4, -0.2) is 48.0 Å². The minimum absolute atomic E-state index is 0.0836. The second-order valence-corrected chi connectivity index (χ2v) is 7.03. The molecule has 2 aromatic heterocycles. The molecule has 0 unspecified atom stereocenters. The topological polar surface area (TPSA) is 58.1 Å². The highest BCUT2D eigenvalue weighted by Gasteiger charge is 2.17. The number of hydrogen-bond donors (Lipinski definition) is 1. The van der Waals surface area contributed by atoms with E-state index in [1.54, 1.807) is 0 Å². The molecule has 0 fully saturated rings. The zero-order chi connectivity index (χ0) is 15.5. The van der Waals surface area contributed by atoms with Crippen LogP contribution in [0.1, 0.15) is 40.3 Å². The van der Waals surface area contributed by atoms with E-state index in [4.69, 9.17) is 4.98 Å². The number of aromatic nitrogens is 2. The van der Waals surface area contributed by atoms with Gasteiger partial charge in [-0.25, -0.2) is 9.97 Å². The maximum atomic E-state index is 12.2. The fourth-order valence-electron chi connectivity index (χ4n) is 2.75. The molecule has 1 N–H and O–H groups in total. The molecule has 2 aromatic rings. The van der Waals surface area contributed by atoms with Gasteiger partial charge in [-0.3, -0.25) is 4.79 Å². The summed E-state index contributed by atoms with van der Waals surface area (Å²) >= 11 is 1.40. The van der Waals surface area contributed by atoms with Gasteiger partial charge in [-0.2, -0.15) is 0 Å². The molecule has 0 spiro atoms. The lowest BCUT2D eigenvalue weighted by atomic mass is 9.96. The first-order valence-electron chi connectivity index (χ1n) is 7.86. The SMILES string of the molecule is CN(C)CCCNC(=O)c1nc2cc3c(nc2s1)CCCC3. The van der Waals surface area contributed by atoms with Crippen molar-refractivity contribution in [3.05, 3.63) is 22.3 Å². The molecule has 2 heterocycles. The van der Waals surface area contributed by atoms with Crippen molar-refractivity contribution < 1.29 is 4.79 Å². The number of rotatable bonds is 5. The standard InChI is InChI=1S/C16H22N4OS/c1-20(2)9-5-8-17-14(21)16-19-13-10-11-6-3-4-7-12(11)18-15(13)22-16/h10H,3-9H2,1-2H3,(H,17,21). The maximum absolute atomic E-state index is 12.2. The second kappa shape index (κ2) is 6.71. The van der Waals surface area contributed by atoms with Crippen molar-refractivity contribution in [3.8, 4) is 0 Å². The van der Waals surface area contributed by atoms with Crippen LogP contribution in [0.2, 0.25) is 0 Å². The van der Waals surface area contributed by atoms with E-state index in [0.717, 1.165) is 36.2 Å². The predicted octanol–water partition coefficient (Wildman–Crippen LogP) is 2.25. The average molecular weight is 318 g/mol. The molecule has 0 aromatic carbocycles. The molecule has 0 aliphatic heterocycles. The average Bonchev–Trinajstić information content (AvgIpc) is 2.91. The third-order valence-electron chi connectivity index (χ3n) is 3.92. The van der Waals surface area contributed by atoms with Crippen LogP contribution < -0.4 is 5.32 Å². The van der Waals surface area contributed by atoms with E-state index < -0.39 is 0 Å². The van der Waals surface area contributed by atoms with Gasteiger partial charge in [0.25, 0.3) is 5.91 Å². The Morgan fingerprint density at radius 1 is 1.32 bits per heavy atom. The summed E-state index contributed by atoms with van der Waals surface area (Å²) in [6, 6.07) is 2.12. The van der Waals surface area contributed by atoms with Crippen LogP contribution >= 0.6 is 11.3 Å². The van der Waals surface area contributed by atoms with Crippen LogP contribution in [0.25, 0.3) is 10.3 Å².